The highest BCUT2D eigenvalue weighted by Crippen LogP contribution is 2.40. The molecule has 0 aromatic rings. The van der Waals surface area contributed by atoms with E-state index < -0.39 is 22.7 Å². The summed E-state index contributed by atoms with van der Waals surface area (Å²) in [5.41, 5.74) is 1.13. The number of unbranched alkanes of at least 4 members (excludes halogenated alkanes) is 1. The number of carbonyl (C=O) groups excluding carboxylic acids is 1. The number of esters is 1. The molecule has 0 rings (SSSR count). The number of allylic oxidation sites excluding steroid dienone is 1. The molecule has 0 saturated carbocycles. The lowest BCUT2D eigenvalue weighted by atomic mass is 9.91. The van der Waals surface area contributed by atoms with Gasteiger partial charge in [0.2, 0.25) is 0 Å². The molecule has 0 saturated heterocycles. The highest BCUT2D eigenvalue weighted by Gasteiger charge is 2.42. The van der Waals surface area contributed by atoms with E-state index in [1.165, 1.54) is 6.92 Å². The Labute approximate surface area is 250 Å². The Bertz CT molecular complexity index is 792. The molecule has 0 unspecified atom stereocenters. The van der Waals surface area contributed by atoms with Gasteiger partial charge in [-0.25, -0.2) is 0 Å². The summed E-state index contributed by atoms with van der Waals surface area (Å²) < 4.78 is 19.4. The molecule has 0 heterocycles. The maximum atomic E-state index is 11.7. The van der Waals surface area contributed by atoms with Crippen LogP contribution in [0.1, 0.15) is 114 Å². The van der Waals surface area contributed by atoms with E-state index in [0.717, 1.165) is 37.7 Å². The van der Waals surface area contributed by atoms with Crippen LogP contribution in [0.4, 0.5) is 0 Å². The highest BCUT2D eigenvalue weighted by molar-refractivity contribution is 6.74. The Morgan fingerprint density at radius 1 is 0.925 bits per heavy atom. The number of carbonyl (C=O) groups is 1. The highest BCUT2D eigenvalue weighted by atomic mass is 28.4. The standard InChI is InChI=1S/C33H66O5Si2/c1-16-18-19-21-29(37-39(12,13)32(6,7)8)24-30(35)26(4)31(38-40(14,15)33(9,10)11)23-25(3)22-28(20-17-2)36-27(5)34/h16,23,26,28-31,35H,1,17-22,24H2,2-15H3/b25-23+/t26-,28+,29+,30-,31+/m0/s1. The van der Waals surface area contributed by atoms with Gasteiger partial charge in [-0.15, -0.1) is 6.58 Å². The van der Waals surface area contributed by atoms with Crippen molar-refractivity contribution in [1.82, 2.24) is 0 Å². The van der Waals surface area contributed by atoms with E-state index in [9.17, 15) is 9.90 Å². The second-order valence-corrected chi connectivity index (χ2v) is 24.5. The molecule has 0 aliphatic carbocycles. The number of hydrogen-bond acceptors (Lipinski definition) is 5. The van der Waals surface area contributed by atoms with Crippen LogP contribution >= 0.6 is 0 Å². The summed E-state index contributed by atoms with van der Waals surface area (Å²) >= 11 is 0. The van der Waals surface area contributed by atoms with Crippen molar-refractivity contribution < 1.29 is 23.5 Å². The van der Waals surface area contributed by atoms with Crippen LogP contribution in [0.25, 0.3) is 0 Å². The maximum absolute atomic E-state index is 11.7. The van der Waals surface area contributed by atoms with Gasteiger partial charge in [0.1, 0.15) is 6.10 Å². The van der Waals surface area contributed by atoms with Crippen molar-refractivity contribution in [2.24, 2.45) is 5.92 Å². The number of aliphatic hydroxyl groups excluding tert-OH is 1. The van der Waals surface area contributed by atoms with E-state index in [1.54, 1.807) is 0 Å². The molecule has 236 valence electrons. The molecule has 0 aromatic heterocycles. The van der Waals surface area contributed by atoms with E-state index in [-0.39, 0.29) is 40.3 Å². The molecule has 0 aromatic carbocycles. The van der Waals surface area contributed by atoms with E-state index in [1.807, 2.05) is 6.08 Å². The van der Waals surface area contributed by atoms with Crippen LogP contribution in [0.5, 0.6) is 0 Å². The molecule has 0 fully saturated rings. The van der Waals surface area contributed by atoms with Gasteiger partial charge in [0, 0.05) is 25.4 Å². The van der Waals surface area contributed by atoms with Crippen LogP contribution in [-0.4, -0.2) is 52.1 Å². The molecule has 0 aliphatic rings. The van der Waals surface area contributed by atoms with E-state index in [0.29, 0.717) is 12.8 Å². The van der Waals surface area contributed by atoms with Crippen molar-refractivity contribution in [1.29, 1.82) is 0 Å². The molecule has 5 atom stereocenters. The molecule has 0 spiro atoms. The first-order valence-corrected chi connectivity index (χ1v) is 21.4. The largest absolute Gasteiger partial charge is 0.462 e. The average molecular weight is 599 g/mol. The van der Waals surface area contributed by atoms with Gasteiger partial charge in [-0.3, -0.25) is 4.79 Å². The minimum atomic E-state index is -2.13. The fourth-order valence-corrected chi connectivity index (χ4v) is 7.01. The number of aliphatic hydroxyl groups is 1. The molecule has 0 aliphatic heterocycles. The molecule has 7 heteroatoms. The predicted octanol–water partition coefficient (Wildman–Crippen LogP) is 9.58. The molecular formula is C33H66O5Si2. The maximum Gasteiger partial charge on any atom is 0.302 e. The van der Waals surface area contributed by atoms with Gasteiger partial charge in [-0.05, 0) is 75.3 Å². The molecule has 40 heavy (non-hydrogen) atoms. The predicted molar refractivity (Wildman–Crippen MR) is 177 cm³/mol. The minimum Gasteiger partial charge on any atom is -0.462 e. The van der Waals surface area contributed by atoms with Crippen LogP contribution in [0.15, 0.2) is 24.3 Å². The first-order chi connectivity index (χ1) is 18.1. The molecule has 0 bridgehead atoms. The van der Waals surface area contributed by atoms with Crippen molar-refractivity contribution in [3.05, 3.63) is 24.3 Å². The van der Waals surface area contributed by atoms with Crippen LogP contribution in [0.2, 0.25) is 36.3 Å². The van der Waals surface area contributed by atoms with Crippen molar-refractivity contribution in [3.63, 3.8) is 0 Å². The van der Waals surface area contributed by atoms with Crippen LogP contribution in [0, 0.1) is 5.92 Å². The number of hydrogen-bond donors (Lipinski definition) is 1. The summed E-state index contributed by atoms with van der Waals surface area (Å²) in [7, 11) is -4.13. The van der Waals surface area contributed by atoms with Crippen molar-refractivity contribution in [2.45, 2.75) is 175 Å². The normalized spacial score (nSPS) is 17.6. The molecule has 0 radical (unpaired) electrons. The van der Waals surface area contributed by atoms with Gasteiger partial charge in [0.25, 0.3) is 0 Å². The Morgan fingerprint density at radius 2 is 1.45 bits per heavy atom. The SMILES string of the molecule is C=CCCC[C@H](C[C@H](O)[C@H](C)[C@@H](/C=C(\C)C[C@@H](CCC)OC(C)=O)O[Si](C)(C)C(C)(C)C)O[Si](C)(C)C(C)(C)C. The monoisotopic (exact) mass is 598 g/mol. The van der Waals surface area contributed by atoms with Crippen molar-refractivity contribution >= 4 is 22.6 Å². The van der Waals surface area contributed by atoms with Gasteiger partial charge < -0.3 is 18.7 Å². The third kappa shape index (κ3) is 14.0. The van der Waals surface area contributed by atoms with Crippen LogP contribution < -0.4 is 0 Å². The zero-order chi connectivity index (χ0) is 31.5. The lowest BCUT2D eigenvalue weighted by molar-refractivity contribution is -0.146. The Balaban J connectivity index is 6.14. The van der Waals surface area contributed by atoms with E-state index in [4.69, 9.17) is 13.6 Å². The van der Waals surface area contributed by atoms with Crippen molar-refractivity contribution in [3.8, 4) is 0 Å². The first-order valence-electron chi connectivity index (χ1n) is 15.6. The lowest BCUT2D eigenvalue weighted by Gasteiger charge is -2.42. The summed E-state index contributed by atoms with van der Waals surface area (Å²) in [5, 5.41) is 11.8. The van der Waals surface area contributed by atoms with E-state index in [2.05, 4.69) is 101 Å². The zero-order valence-electron chi connectivity index (χ0n) is 28.8. The number of rotatable bonds is 18. The third-order valence-corrected chi connectivity index (χ3v) is 18.0. The third-order valence-electron chi connectivity index (χ3n) is 9.01. The van der Waals surface area contributed by atoms with E-state index >= 15 is 0 Å². The fourth-order valence-electron chi connectivity index (χ4n) is 4.29. The first kappa shape index (κ1) is 39.3. The smallest absolute Gasteiger partial charge is 0.302 e. The summed E-state index contributed by atoms with van der Waals surface area (Å²) in [6.45, 7) is 34.3. The van der Waals surface area contributed by atoms with Crippen LogP contribution in [-0.2, 0) is 18.4 Å². The molecule has 1 N–H and O–H groups in total. The summed E-state index contributed by atoms with van der Waals surface area (Å²) in [4.78, 5) is 11.7. The molecule has 0 amide bonds. The van der Waals surface area contributed by atoms with Gasteiger partial charge in [-0.1, -0.05) is 79.5 Å². The Kier molecular flexibility index (Phi) is 16.5. The van der Waals surface area contributed by atoms with Gasteiger partial charge >= 0.3 is 5.97 Å². The van der Waals surface area contributed by atoms with Gasteiger partial charge in [-0.2, -0.15) is 0 Å². The Morgan fingerprint density at radius 3 is 1.90 bits per heavy atom. The lowest BCUT2D eigenvalue weighted by Crippen LogP contribution is -2.48. The topological polar surface area (TPSA) is 65.0 Å². The Hall–Kier alpha value is -0.736. The number of ether oxygens (including phenoxy) is 1. The average Bonchev–Trinajstić information content (AvgIpc) is 2.75. The quantitative estimate of drug-likeness (QED) is 0.0736. The summed E-state index contributed by atoms with van der Waals surface area (Å²) in [6.07, 6.45) is 9.08. The van der Waals surface area contributed by atoms with Gasteiger partial charge in [0.15, 0.2) is 16.6 Å². The zero-order valence-corrected chi connectivity index (χ0v) is 30.8. The van der Waals surface area contributed by atoms with Crippen molar-refractivity contribution in [2.75, 3.05) is 0 Å². The second-order valence-electron chi connectivity index (χ2n) is 15.0. The van der Waals surface area contributed by atoms with Crippen LogP contribution in [0.3, 0.4) is 0 Å². The minimum absolute atomic E-state index is 0.00482. The molecular weight excluding hydrogens is 533 g/mol. The summed E-state index contributed by atoms with van der Waals surface area (Å²) in [5.74, 6) is -0.360. The van der Waals surface area contributed by atoms with Gasteiger partial charge in [0.05, 0.1) is 12.2 Å². The summed E-state index contributed by atoms with van der Waals surface area (Å²) in [6, 6.07) is 0. The molecule has 5 nitrogen and oxygen atoms in total. The second kappa shape index (κ2) is 16.8. The fraction of sp³-hybridized carbons (Fsp3) is 0.848.